The molecule has 180 valence electrons. The van der Waals surface area contributed by atoms with E-state index in [-0.39, 0.29) is 35.2 Å². The number of carbonyl (C=O) groups is 1. The van der Waals surface area contributed by atoms with E-state index >= 15 is 0 Å². The van der Waals surface area contributed by atoms with E-state index in [1.165, 1.54) is 11.8 Å². The number of sulfone groups is 1. The van der Waals surface area contributed by atoms with E-state index in [4.69, 9.17) is 0 Å². The number of carbonyl (C=O) groups excluding carboxylic acids is 1. The number of hydrogen-bond acceptors (Lipinski definition) is 6. The fraction of sp³-hybridized carbons (Fsp3) is 0.542. The highest BCUT2D eigenvalue weighted by Crippen LogP contribution is 2.42. The zero-order valence-corrected chi connectivity index (χ0v) is 20.7. The maximum absolute atomic E-state index is 13.5. The van der Waals surface area contributed by atoms with Gasteiger partial charge in [-0.25, -0.2) is 8.42 Å². The summed E-state index contributed by atoms with van der Waals surface area (Å²) in [6, 6.07) is 8.49. The molecule has 0 unspecified atom stereocenters. The first-order valence-electron chi connectivity index (χ1n) is 12.2. The van der Waals surface area contributed by atoms with Crippen LogP contribution in [0.2, 0.25) is 0 Å². The summed E-state index contributed by atoms with van der Waals surface area (Å²) in [6.45, 7) is 0. The van der Waals surface area contributed by atoms with Crippen molar-refractivity contribution in [1.29, 1.82) is 0 Å². The first kappa shape index (κ1) is 22.2. The van der Waals surface area contributed by atoms with Gasteiger partial charge in [0.05, 0.1) is 17.3 Å². The molecular formula is C24H29N5O3S2. The van der Waals surface area contributed by atoms with Crippen molar-refractivity contribution in [2.24, 2.45) is 0 Å². The van der Waals surface area contributed by atoms with E-state index in [2.05, 4.69) is 25.8 Å². The first-order valence-corrected chi connectivity index (χ1v) is 15.0. The van der Waals surface area contributed by atoms with Crippen LogP contribution in [0.15, 0.2) is 35.6 Å². The third-order valence-electron chi connectivity index (χ3n) is 7.34. The Morgan fingerprint density at radius 2 is 1.88 bits per heavy atom. The average Bonchev–Trinajstić information content (AvgIpc) is 3.20. The third-order valence-corrected chi connectivity index (χ3v) is 10.0. The van der Waals surface area contributed by atoms with Gasteiger partial charge in [0, 0.05) is 40.8 Å². The Kier molecular flexibility index (Phi) is 5.68. The third kappa shape index (κ3) is 4.15. The molecule has 0 spiro atoms. The second-order valence-corrected chi connectivity index (χ2v) is 12.9. The largest absolute Gasteiger partial charge is 0.360 e. The number of para-hydroxylation sites is 1. The lowest BCUT2D eigenvalue weighted by atomic mass is 10.1. The van der Waals surface area contributed by atoms with Gasteiger partial charge in [0.2, 0.25) is 5.91 Å². The SMILES string of the molecule is O=C(CSc1nnc(-c2c[nH]c3ccccc23)n1C1CC1)N(C1CCCC1)[C@@H]1CCS(=O)(=O)C1. The number of benzene rings is 1. The van der Waals surface area contributed by atoms with Gasteiger partial charge in [-0.1, -0.05) is 42.8 Å². The van der Waals surface area contributed by atoms with Gasteiger partial charge in [-0.05, 0) is 38.2 Å². The highest BCUT2D eigenvalue weighted by molar-refractivity contribution is 7.99. The minimum atomic E-state index is -3.05. The Balaban J connectivity index is 1.24. The van der Waals surface area contributed by atoms with Crippen LogP contribution in [-0.2, 0) is 14.6 Å². The van der Waals surface area contributed by atoms with Crippen LogP contribution in [0.3, 0.4) is 0 Å². The molecule has 1 aromatic carbocycles. The molecule has 0 radical (unpaired) electrons. The highest BCUT2D eigenvalue weighted by atomic mass is 32.2. The summed E-state index contributed by atoms with van der Waals surface area (Å²) in [5.74, 6) is 1.40. The number of fused-ring (bicyclic) bond motifs is 1. The lowest BCUT2D eigenvalue weighted by Gasteiger charge is -2.34. The summed E-state index contributed by atoms with van der Waals surface area (Å²) in [5, 5.41) is 10.9. The smallest absolute Gasteiger partial charge is 0.233 e. The lowest BCUT2D eigenvalue weighted by Crippen LogP contribution is -2.47. The molecule has 3 aromatic rings. The zero-order chi connectivity index (χ0) is 23.3. The fourth-order valence-corrected chi connectivity index (χ4v) is 8.15. The molecule has 1 N–H and O–H groups in total. The molecular weight excluding hydrogens is 470 g/mol. The maximum atomic E-state index is 13.5. The van der Waals surface area contributed by atoms with Gasteiger partial charge in [0.25, 0.3) is 0 Å². The molecule has 1 aliphatic heterocycles. The number of nitrogens with one attached hydrogen (secondary N) is 1. The molecule has 10 heteroatoms. The van der Waals surface area contributed by atoms with Gasteiger partial charge < -0.3 is 9.88 Å². The Bertz CT molecular complexity index is 1320. The van der Waals surface area contributed by atoms with Crippen LogP contribution in [0.4, 0.5) is 0 Å². The van der Waals surface area contributed by atoms with E-state index in [1.807, 2.05) is 29.3 Å². The van der Waals surface area contributed by atoms with Crippen molar-refractivity contribution in [3.05, 3.63) is 30.5 Å². The predicted molar refractivity (Wildman–Crippen MR) is 132 cm³/mol. The number of aromatic nitrogens is 4. The quantitative estimate of drug-likeness (QED) is 0.496. The van der Waals surface area contributed by atoms with Gasteiger partial charge in [0.15, 0.2) is 20.8 Å². The second kappa shape index (κ2) is 8.71. The van der Waals surface area contributed by atoms with E-state index in [1.54, 1.807) is 0 Å². The van der Waals surface area contributed by atoms with Crippen molar-refractivity contribution in [1.82, 2.24) is 24.6 Å². The number of aromatic amines is 1. The Morgan fingerprint density at radius 3 is 2.62 bits per heavy atom. The minimum absolute atomic E-state index is 0.0259. The number of rotatable bonds is 7. The minimum Gasteiger partial charge on any atom is -0.360 e. The number of nitrogens with zero attached hydrogens (tertiary/aromatic N) is 4. The van der Waals surface area contributed by atoms with Crippen LogP contribution < -0.4 is 0 Å². The van der Waals surface area contributed by atoms with Crippen molar-refractivity contribution < 1.29 is 13.2 Å². The topological polar surface area (TPSA) is 101 Å². The predicted octanol–water partition coefficient (Wildman–Crippen LogP) is 3.81. The summed E-state index contributed by atoms with van der Waals surface area (Å²) in [6.07, 6.45) is 8.85. The monoisotopic (exact) mass is 499 g/mol. The molecule has 0 bridgehead atoms. The average molecular weight is 500 g/mol. The van der Waals surface area contributed by atoms with Crippen molar-refractivity contribution in [2.75, 3.05) is 17.3 Å². The molecule has 1 saturated heterocycles. The van der Waals surface area contributed by atoms with Crippen LogP contribution in [0, 0.1) is 0 Å². The van der Waals surface area contributed by atoms with Crippen LogP contribution in [0.1, 0.15) is 51.0 Å². The van der Waals surface area contributed by atoms with E-state index in [0.717, 1.165) is 66.0 Å². The summed E-state index contributed by atoms with van der Waals surface area (Å²) in [4.78, 5) is 18.7. The number of thioether (sulfide) groups is 1. The van der Waals surface area contributed by atoms with Crippen molar-refractivity contribution >= 4 is 38.4 Å². The number of hydrogen-bond donors (Lipinski definition) is 1. The molecule has 1 amide bonds. The number of H-pyrrole nitrogens is 1. The lowest BCUT2D eigenvalue weighted by molar-refractivity contribution is -0.132. The van der Waals surface area contributed by atoms with Gasteiger partial charge in [0.1, 0.15) is 0 Å². The molecule has 3 fully saturated rings. The zero-order valence-electron chi connectivity index (χ0n) is 19.0. The van der Waals surface area contributed by atoms with Crippen molar-refractivity contribution in [3.8, 4) is 11.4 Å². The molecule has 2 aliphatic carbocycles. The maximum Gasteiger partial charge on any atom is 0.233 e. The van der Waals surface area contributed by atoms with Gasteiger partial charge in [-0.2, -0.15) is 0 Å². The van der Waals surface area contributed by atoms with E-state index in [0.29, 0.717) is 12.5 Å². The summed E-state index contributed by atoms with van der Waals surface area (Å²) in [5.41, 5.74) is 2.09. The Hall–Kier alpha value is -2.33. The molecule has 2 saturated carbocycles. The standard InChI is InChI=1S/C24H29N5O3S2/c30-22(28(16-5-1-2-6-16)18-11-12-34(31,32)15-18)14-33-24-27-26-23(29(24)17-9-10-17)20-13-25-21-8-4-3-7-19(20)21/h3-4,7-8,13,16-18,25H,1-2,5-6,9-12,14-15H2/t18-/m1/s1. The fourth-order valence-electron chi connectivity index (χ4n) is 5.56. The Labute approximate surface area is 203 Å². The summed E-state index contributed by atoms with van der Waals surface area (Å²) < 4.78 is 26.4. The second-order valence-electron chi connectivity index (χ2n) is 9.74. The Morgan fingerprint density at radius 1 is 1.09 bits per heavy atom. The van der Waals surface area contributed by atoms with Crippen LogP contribution in [0.5, 0.6) is 0 Å². The summed E-state index contributed by atoms with van der Waals surface area (Å²) in [7, 11) is -3.05. The highest BCUT2D eigenvalue weighted by Gasteiger charge is 2.39. The molecule has 3 aliphatic rings. The van der Waals surface area contributed by atoms with E-state index < -0.39 is 9.84 Å². The normalized spacial score (nSPS) is 22.5. The van der Waals surface area contributed by atoms with Crippen LogP contribution in [0.25, 0.3) is 22.3 Å². The molecule has 34 heavy (non-hydrogen) atoms. The molecule has 2 aromatic heterocycles. The van der Waals surface area contributed by atoms with Crippen LogP contribution >= 0.6 is 11.8 Å². The van der Waals surface area contributed by atoms with Gasteiger partial charge >= 0.3 is 0 Å². The van der Waals surface area contributed by atoms with Gasteiger partial charge in [-0.3, -0.25) is 9.36 Å². The van der Waals surface area contributed by atoms with E-state index in [9.17, 15) is 13.2 Å². The van der Waals surface area contributed by atoms with Gasteiger partial charge in [-0.15, -0.1) is 10.2 Å². The molecule has 3 heterocycles. The molecule has 8 nitrogen and oxygen atoms in total. The molecule has 1 atom stereocenters. The van der Waals surface area contributed by atoms with Crippen LogP contribution in [-0.4, -0.2) is 68.3 Å². The molecule has 6 rings (SSSR count). The first-order chi connectivity index (χ1) is 16.5. The van der Waals surface area contributed by atoms with Crippen molar-refractivity contribution in [3.63, 3.8) is 0 Å². The summed E-state index contributed by atoms with van der Waals surface area (Å²) >= 11 is 1.43. The van der Waals surface area contributed by atoms with Crippen molar-refractivity contribution in [2.45, 2.75) is 68.2 Å². The number of amides is 1.